The van der Waals surface area contributed by atoms with Crippen molar-refractivity contribution in [1.29, 1.82) is 0 Å². The smallest absolute Gasteiger partial charge is 0.254 e. The first-order valence-corrected chi connectivity index (χ1v) is 6.88. The highest BCUT2D eigenvalue weighted by molar-refractivity contribution is 9.10. The zero-order valence-corrected chi connectivity index (χ0v) is 11.9. The average Bonchev–Trinajstić information content (AvgIpc) is 2.76. The predicted molar refractivity (Wildman–Crippen MR) is 72.1 cm³/mol. The minimum atomic E-state index is -0.551. The fraction of sp³-hybridized carbons (Fsp3) is 0.167. The highest BCUT2D eigenvalue weighted by Gasteiger charge is 2.13. The van der Waals surface area contributed by atoms with Crippen LogP contribution in [0.25, 0.3) is 0 Å². The Bertz CT molecular complexity index is 585. The van der Waals surface area contributed by atoms with Gasteiger partial charge in [-0.25, -0.2) is 9.37 Å². The summed E-state index contributed by atoms with van der Waals surface area (Å²) in [5, 5.41) is 5.35. The van der Waals surface area contributed by atoms with Crippen molar-refractivity contribution < 1.29 is 9.18 Å². The Hall–Kier alpha value is -1.27. The first kappa shape index (κ1) is 13.2. The van der Waals surface area contributed by atoms with Gasteiger partial charge >= 0.3 is 0 Å². The molecule has 18 heavy (non-hydrogen) atoms. The van der Waals surface area contributed by atoms with E-state index in [9.17, 15) is 9.18 Å². The van der Waals surface area contributed by atoms with Crippen LogP contribution >= 0.6 is 27.3 Å². The summed E-state index contributed by atoms with van der Waals surface area (Å²) in [7, 11) is 0. The summed E-state index contributed by atoms with van der Waals surface area (Å²) in [5.41, 5.74) is 0.940. The molecule has 2 rings (SSSR count). The lowest BCUT2D eigenvalue weighted by Gasteiger charge is -2.05. The molecule has 1 heterocycles. The summed E-state index contributed by atoms with van der Waals surface area (Å²) >= 11 is 4.51. The number of hydrogen-bond acceptors (Lipinski definition) is 3. The molecular formula is C12H10BrFN2OS. The average molecular weight is 329 g/mol. The van der Waals surface area contributed by atoms with Crippen molar-refractivity contribution in [2.45, 2.75) is 13.5 Å². The van der Waals surface area contributed by atoms with Crippen LogP contribution in [-0.2, 0) is 6.54 Å². The van der Waals surface area contributed by atoms with Gasteiger partial charge in [-0.1, -0.05) is 6.07 Å². The Kier molecular flexibility index (Phi) is 4.08. The second-order valence-corrected chi connectivity index (χ2v) is 5.46. The zero-order chi connectivity index (χ0) is 13.1. The lowest BCUT2D eigenvalue weighted by atomic mass is 10.2. The van der Waals surface area contributed by atoms with Crippen LogP contribution in [0, 0.1) is 12.7 Å². The maximum atomic E-state index is 13.7. The number of thiazole rings is 1. The predicted octanol–water partition coefficient (Wildman–Crippen LogP) is 3.28. The van der Waals surface area contributed by atoms with Crippen molar-refractivity contribution in [3.05, 3.63) is 50.1 Å². The van der Waals surface area contributed by atoms with Crippen LogP contribution in [0.4, 0.5) is 4.39 Å². The van der Waals surface area contributed by atoms with Crippen LogP contribution in [0.1, 0.15) is 21.1 Å². The van der Waals surface area contributed by atoms with E-state index in [4.69, 9.17) is 0 Å². The van der Waals surface area contributed by atoms with E-state index in [0.717, 1.165) is 10.7 Å². The third kappa shape index (κ3) is 2.94. The number of halogens is 2. The molecule has 1 amide bonds. The first-order valence-electron chi connectivity index (χ1n) is 5.21. The number of rotatable bonds is 3. The van der Waals surface area contributed by atoms with E-state index in [1.54, 1.807) is 12.1 Å². The number of carbonyl (C=O) groups is 1. The molecule has 0 bridgehead atoms. The molecule has 2 aromatic rings. The number of nitrogens with zero attached hydrogens (tertiary/aromatic N) is 1. The van der Waals surface area contributed by atoms with Gasteiger partial charge in [-0.15, -0.1) is 11.3 Å². The van der Waals surface area contributed by atoms with Crippen LogP contribution < -0.4 is 5.32 Å². The van der Waals surface area contributed by atoms with E-state index in [2.05, 4.69) is 26.2 Å². The molecule has 0 aliphatic carbocycles. The second-order valence-electron chi connectivity index (χ2n) is 3.67. The Morgan fingerprint density at radius 3 is 3.00 bits per heavy atom. The van der Waals surface area contributed by atoms with Crippen molar-refractivity contribution in [3.8, 4) is 0 Å². The van der Waals surface area contributed by atoms with Gasteiger partial charge in [0, 0.05) is 11.1 Å². The van der Waals surface area contributed by atoms with Crippen LogP contribution in [0.5, 0.6) is 0 Å². The second kappa shape index (κ2) is 5.58. The summed E-state index contributed by atoms with van der Waals surface area (Å²) in [6.45, 7) is 2.19. The Balaban J connectivity index is 2.06. The summed E-state index contributed by atoms with van der Waals surface area (Å²) in [4.78, 5) is 16.0. The molecule has 0 saturated carbocycles. The van der Waals surface area contributed by atoms with Gasteiger partial charge in [-0.3, -0.25) is 4.79 Å². The molecule has 94 valence electrons. The quantitative estimate of drug-likeness (QED) is 0.939. The minimum Gasteiger partial charge on any atom is -0.345 e. The molecular weight excluding hydrogens is 319 g/mol. The standard InChI is InChI=1S/C12H10BrFN2OS/c1-7-6-18-10(16-7)5-15-12(17)8-3-2-4-9(13)11(8)14/h2-4,6H,5H2,1H3,(H,15,17). The van der Waals surface area contributed by atoms with Gasteiger partial charge in [-0.2, -0.15) is 0 Å². The van der Waals surface area contributed by atoms with Crippen LogP contribution in [0.2, 0.25) is 0 Å². The Morgan fingerprint density at radius 2 is 2.33 bits per heavy atom. The van der Waals surface area contributed by atoms with Gasteiger partial charge in [-0.05, 0) is 35.0 Å². The molecule has 0 spiro atoms. The topological polar surface area (TPSA) is 42.0 Å². The SMILES string of the molecule is Cc1csc(CNC(=O)c2cccc(Br)c2F)n1. The van der Waals surface area contributed by atoms with Gasteiger partial charge in [0.1, 0.15) is 10.8 Å². The summed E-state index contributed by atoms with van der Waals surface area (Å²) in [5.74, 6) is -0.994. The van der Waals surface area contributed by atoms with Gasteiger partial charge in [0.25, 0.3) is 5.91 Å². The molecule has 6 heteroatoms. The molecule has 1 N–H and O–H groups in total. The molecule has 0 radical (unpaired) electrons. The van der Waals surface area contributed by atoms with Crippen LogP contribution in [0.3, 0.4) is 0 Å². The van der Waals surface area contributed by atoms with E-state index >= 15 is 0 Å². The van der Waals surface area contributed by atoms with E-state index in [1.165, 1.54) is 17.4 Å². The highest BCUT2D eigenvalue weighted by atomic mass is 79.9. The monoisotopic (exact) mass is 328 g/mol. The number of carbonyl (C=O) groups excluding carboxylic acids is 1. The van der Waals surface area contributed by atoms with E-state index < -0.39 is 11.7 Å². The maximum Gasteiger partial charge on any atom is 0.254 e. The third-order valence-electron chi connectivity index (χ3n) is 2.26. The Labute approximate surface area is 116 Å². The van der Waals surface area contributed by atoms with Crippen molar-refractivity contribution >= 4 is 33.2 Å². The number of nitrogens with one attached hydrogen (secondary N) is 1. The van der Waals surface area contributed by atoms with E-state index in [0.29, 0.717) is 6.54 Å². The summed E-state index contributed by atoms with van der Waals surface area (Å²) < 4.78 is 13.9. The van der Waals surface area contributed by atoms with Gasteiger partial charge < -0.3 is 5.32 Å². The lowest BCUT2D eigenvalue weighted by molar-refractivity contribution is 0.0946. The largest absolute Gasteiger partial charge is 0.345 e. The van der Waals surface area contributed by atoms with Crippen molar-refractivity contribution in [2.24, 2.45) is 0 Å². The molecule has 0 fully saturated rings. The molecule has 1 aromatic heterocycles. The number of aromatic nitrogens is 1. The van der Waals surface area contributed by atoms with Gasteiger partial charge in [0.15, 0.2) is 0 Å². The fourth-order valence-corrected chi connectivity index (χ4v) is 2.49. The molecule has 0 aliphatic heterocycles. The van der Waals surface area contributed by atoms with Crippen LogP contribution in [0.15, 0.2) is 28.1 Å². The van der Waals surface area contributed by atoms with Gasteiger partial charge in [0.2, 0.25) is 0 Å². The molecule has 0 saturated heterocycles. The normalized spacial score (nSPS) is 10.4. The zero-order valence-electron chi connectivity index (χ0n) is 9.54. The summed E-state index contributed by atoms with van der Waals surface area (Å²) in [6, 6.07) is 4.62. The molecule has 0 atom stereocenters. The van der Waals surface area contributed by atoms with Crippen molar-refractivity contribution in [1.82, 2.24) is 10.3 Å². The van der Waals surface area contributed by atoms with E-state index in [1.807, 2.05) is 12.3 Å². The number of amides is 1. The fourth-order valence-electron chi connectivity index (χ4n) is 1.41. The first-order chi connectivity index (χ1) is 8.58. The number of aryl methyl sites for hydroxylation is 1. The van der Waals surface area contributed by atoms with Crippen molar-refractivity contribution in [3.63, 3.8) is 0 Å². The number of benzene rings is 1. The van der Waals surface area contributed by atoms with E-state index in [-0.39, 0.29) is 10.0 Å². The highest BCUT2D eigenvalue weighted by Crippen LogP contribution is 2.18. The summed E-state index contributed by atoms with van der Waals surface area (Å²) in [6.07, 6.45) is 0. The number of hydrogen-bond donors (Lipinski definition) is 1. The van der Waals surface area contributed by atoms with Crippen molar-refractivity contribution in [2.75, 3.05) is 0 Å². The lowest BCUT2D eigenvalue weighted by Crippen LogP contribution is -2.23. The molecule has 3 nitrogen and oxygen atoms in total. The third-order valence-corrected chi connectivity index (χ3v) is 3.84. The minimum absolute atomic E-state index is 0.0256. The van der Waals surface area contributed by atoms with Gasteiger partial charge in [0.05, 0.1) is 16.6 Å². The maximum absolute atomic E-state index is 13.7. The molecule has 0 unspecified atom stereocenters. The molecule has 1 aromatic carbocycles. The molecule has 0 aliphatic rings. The van der Waals surface area contributed by atoms with Crippen LogP contribution in [-0.4, -0.2) is 10.9 Å². The Morgan fingerprint density at radius 1 is 1.56 bits per heavy atom.